The minimum atomic E-state index is -1.05. The molecule has 28 heavy (non-hydrogen) atoms. The van der Waals surface area contributed by atoms with Crippen LogP contribution in [-0.2, 0) is 20.8 Å². The van der Waals surface area contributed by atoms with E-state index in [0.29, 0.717) is 51.6 Å². The number of hydrogen-bond acceptors (Lipinski definition) is 6. The van der Waals surface area contributed by atoms with Crippen molar-refractivity contribution in [2.24, 2.45) is 5.73 Å². The van der Waals surface area contributed by atoms with E-state index in [1.54, 1.807) is 6.20 Å². The molecular formula is C18H29N5O5. The highest BCUT2D eigenvalue weighted by Crippen LogP contribution is 2.20. The van der Waals surface area contributed by atoms with Crippen molar-refractivity contribution in [1.29, 1.82) is 0 Å². The Bertz CT molecular complexity index is 651. The lowest BCUT2D eigenvalue weighted by Crippen LogP contribution is -2.54. The van der Waals surface area contributed by atoms with Gasteiger partial charge in [-0.15, -0.1) is 0 Å². The highest BCUT2D eigenvalue weighted by Gasteiger charge is 2.38. The molecule has 1 aromatic rings. The van der Waals surface area contributed by atoms with Crippen LogP contribution in [0.15, 0.2) is 12.5 Å². The molecule has 1 unspecified atom stereocenters. The molecule has 6 N–H and O–H groups in total. The smallest absolute Gasteiger partial charge is 0.326 e. The number of nitrogens with zero attached hydrogens (tertiary/aromatic N) is 2. The van der Waals surface area contributed by atoms with Crippen molar-refractivity contribution in [3.8, 4) is 0 Å². The van der Waals surface area contributed by atoms with Gasteiger partial charge in [-0.1, -0.05) is 6.42 Å². The van der Waals surface area contributed by atoms with Gasteiger partial charge in [0.1, 0.15) is 12.1 Å². The number of unbranched alkanes of at least 4 members (excludes halogenated alkanes) is 1. The van der Waals surface area contributed by atoms with Crippen LogP contribution in [0.1, 0.15) is 44.2 Å². The standard InChI is InChI=1S/C18H29N5O5/c19-8-2-1-4-13(16(24)23-9-3-5-15(23)18(27)28)22-14(17(25)26)7-6-12-10-20-11-21-12/h10-11,13-15,22H,1-9,19H2,(H,20,21)(H,25,26)(H,27,28)/t13-,14?,15-/m0/s1. The lowest BCUT2D eigenvalue weighted by molar-refractivity contribution is -0.149. The number of carbonyl (C=O) groups excluding carboxylic acids is 1. The van der Waals surface area contributed by atoms with Gasteiger partial charge in [0.2, 0.25) is 5.91 Å². The first-order valence-electron chi connectivity index (χ1n) is 9.63. The maximum Gasteiger partial charge on any atom is 0.326 e. The first-order chi connectivity index (χ1) is 13.4. The fourth-order valence-electron chi connectivity index (χ4n) is 3.50. The number of nitrogens with one attached hydrogen (secondary N) is 2. The molecule has 0 aliphatic carbocycles. The summed E-state index contributed by atoms with van der Waals surface area (Å²) in [5.74, 6) is -2.43. The van der Waals surface area contributed by atoms with Crippen molar-refractivity contribution in [2.75, 3.05) is 13.1 Å². The number of hydrogen-bond donors (Lipinski definition) is 5. The average Bonchev–Trinajstić information content (AvgIpc) is 3.34. The normalized spacial score (nSPS) is 18.8. The van der Waals surface area contributed by atoms with Crippen molar-refractivity contribution in [1.82, 2.24) is 20.2 Å². The number of imidazole rings is 1. The predicted molar refractivity (Wildman–Crippen MR) is 101 cm³/mol. The molecule has 1 aromatic heterocycles. The van der Waals surface area contributed by atoms with E-state index in [1.165, 1.54) is 11.2 Å². The minimum Gasteiger partial charge on any atom is -0.480 e. The van der Waals surface area contributed by atoms with Crippen LogP contribution in [0.25, 0.3) is 0 Å². The van der Waals surface area contributed by atoms with Gasteiger partial charge >= 0.3 is 11.9 Å². The summed E-state index contributed by atoms with van der Waals surface area (Å²) in [5.41, 5.74) is 6.34. The molecule has 0 bridgehead atoms. The van der Waals surface area contributed by atoms with E-state index in [1.807, 2.05) is 0 Å². The van der Waals surface area contributed by atoms with Gasteiger partial charge in [-0.2, -0.15) is 0 Å². The SMILES string of the molecule is NCCCC[C@H](NC(CCc1cnc[nH]1)C(=O)O)C(=O)N1CCC[C@H]1C(=O)O. The van der Waals surface area contributed by atoms with Gasteiger partial charge in [-0.3, -0.25) is 14.9 Å². The summed E-state index contributed by atoms with van der Waals surface area (Å²) in [6.45, 7) is 0.849. The molecule has 10 nitrogen and oxygen atoms in total. The zero-order valence-electron chi connectivity index (χ0n) is 15.8. The number of carbonyl (C=O) groups is 3. The Labute approximate surface area is 163 Å². The quantitative estimate of drug-likeness (QED) is 0.308. The molecular weight excluding hydrogens is 366 g/mol. The number of aliphatic carboxylic acids is 2. The second-order valence-electron chi connectivity index (χ2n) is 7.04. The zero-order chi connectivity index (χ0) is 20.5. The molecule has 0 radical (unpaired) electrons. The Balaban J connectivity index is 2.07. The summed E-state index contributed by atoms with van der Waals surface area (Å²) in [5, 5.41) is 21.9. The van der Waals surface area contributed by atoms with Crippen molar-refractivity contribution in [2.45, 2.75) is 63.1 Å². The van der Waals surface area contributed by atoms with E-state index in [9.17, 15) is 24.6 Å². The molecule has 1 aliphatic rings. The highest BCUT2D eigenvalue weighted by molar-refractivity contribution is 5.88. The molecule has 1 saturated heterocycles. The molecule has 3 atom stereocenters. The van der Waals surface area contributed by atoms with Gasteiger partial charge in [-0.25, -0.2) is 9.78 Å². The average molecular weight is 395 g/mol. The molecule has 0 spiro atoms. The first kappa shape index (κ1) is 21.8. The summed E-state index contributed by atoms with van der Waals surface area (Å²) >= 11 is 0. The summed E-state index contributed by atoms with van der Waals surface area (Å²) in [6, 6.07) is -2.53. The monoisotopic (exact) mass is 395 g/mol. The number of likely N-dealkylation sites (tertiary alicyclic amines) is 1. The third-order valence-corrected chi connectivity index (χ3v) is 5.02. The Kier molecular flexibility index (Phi) is 8.40. The van der Waals surface area contributed by atoms with Crippen LogP contribution < -0.4 is 11.1 Å². The maximum absolute atomic E-state index is 13.0. The summed E-state index contributed by atoms with van der Waals surface area (Å²) in [6.07, 6.45) is 6.71. The fourth-order valence-corrected chi connectivity index (χ4v) is 3.50. The largest absolute Gasteiger partial charge is 0.480 e. The Hall–Kier alpha value is -2.46. The second-order valence-corrected chi connectivity index (χ2v) is 7.04. The molecule has 2 heterocycles. The molecule has 1 fully saturated rings. The second kappa shape index (κ2) is 10.8. The topological polar surface area (TPSA) is 162 Å². The zero-order valence-corrected chi connectivity index (χ0v) is 15.8. The van der Waals surface area contributed by atoms with E-state index in [-0.39, 0.29) is 12.3 Å². The van der Waals surface area contributed by atoms with Gasteiger partial charge in [0.25, 0.3) is 0 Å². The Morgan fingerprint density at radius 1 is 1.29 bits per heavy atom. The van der Waals surface area contributed by atoms with Crippen LogP contribution in [0.3, 0.4) is 0 Å². The molecule has 0 aromatic carbocycles. The predicted octanol–water partition coefficient (Wildman–Crippen LogP) is -0.0417. The van der Waals surface area contributed by atoms with Crippen molar-refractivity contribution in [3.63, 3.8) is 0 Å². The molecule has 10 heteroatoms. The summed E-state index contributed by atoms with van der Waals surface area (Å²) in [4.78, 5) is 44.3. The number of carboxylic acid groups (broad SMARTS) is 2. The van der Waals surface area contributed by atoms with Crippen LogP contribution in [0.4, 0.5) is 0 Å². The highest BCUT2D eigenvalue weighted by atomic mass is 16.4. The van der Waals surface area contributed by atoms with E-state index in [2.05, 4.69) is 15.3 Å². The molecule has 0 saturated carbocycles. The van der Waals surface area contributed by atoms with Crippen molar-refractivity contribution < 1.29 is 24.6 Å². The number of carboxylic acids is 2. The van der Waals surface area contributed by atoms with E-state index in [0.717, 1.165) is 5.69 Å². The number of nitrogens with two attached hydrogens (primary N) is 1. The van der Waals surface area contributed by atoms with E-state index < -0.39 is 30.1 Å². The Morgan fingerprint density at radius 3 is 2.68 bits per heavy atom. The fraction of sp³-hybridized carbons (Fsp3) is 0.667. The third-order valence-electron chi connectivity index (χ3n) is 5.02. The van der Waals surface area contributed by atoms with Gasteiger partial charge in [-0.05, 0) is 45.1 Å². The van der Waals surface area contributed by atoms with Crippen molar-refractivity contribution in [3.05, 3.63) is 18.2 Å². The Morgan fingerprint density at radius 2 is 2.07 bits per heavy atom. The maximum atomic E-state index is 13.0. The van der Waals surface area contributed by atoms with Gasteiger partial charge in [0.15, 0.2) is 0 Å². The molecule has 156 valence electrons. The van der Waals surface area contributed by atoms with E-state index >= 15 is 0 Å². The van der Waals surface area contributed by atoms with Crippen LogP contribution >= 0.6 is 0 Å². The van der Waals surface area contributed by atoms with E-state index in [4.69, 9.17) is 5.73 Å². The number of aromatic amines is 1. The van der Waals surface area contributed by atoms with Crippen LogP contribution in [0.2, 0.25) is 0 Å². The lowest BCUT2D eigenvalue weighted by atomic mass is 10.0. The lowest BCUT2D eigenvalue weighted by Gasteiger charge is -2.29. The number of aromatic nitrogens is 2. The number of rotatable bonds is 12. The van der Waals surface area contributed by atoms with Crippen LogP contribution in [0, 0.1) is 0 Å². The number of aryl methyl sites for hydroxylation is 1. The number of amides is 1. The summed E-state index contributed by atoms with van der Waals surface area (Å²) in [7, 11) is 0. The molecule has 1 amide bonds. The minimum absolute atomic E-state index is 0.278. The van der Waals surface area contributed by atoms with Crippen LogP contribution in [-0.4, -0.2) is 74.1 Å². The molecule has 2 rings (SSSR count). The van der Waals surface area contributed by atoms with Gasteiger partial charge in [0, 0.05) is 18.4 Å². The van der Waals surface area contributed by atoms with Gasteiger partial charge < -0.3 is 25.8 Å². The first-order valence-corrected chi connectivity index (χ1v) is 9.63. The van der Waals surface area contributed by atoms with Crippen molar-refractivity contribution >= 4 is 17.8 Å². The van der Waals surface area contributed by atoms with Crippen LogP contribution in [0.5, 0.6) is 0 Å². The number of H-pyrrole nitrogens is 1. The third kappa shape index (κ3) is 6.03. The molecule has 1 aliphatic heterocycles. The van der Waals surface area contributed by atoms with Gasteiger partial charge in [0.05, 0.1) is 12.4 Å². The summed E-state index contributed by atoms with van der Waals surface area (Å²) < 4.78 is 0.